The van der Waals surface area contributed by atoms with Crippen molar-refractivity contribution >= 4 is 6.03 Å². The number of benzene rings is 1. The molecule has 6 heteroatoms. The number of ether oxygens (including phenoxy) is 1. The minimum atomic E-state index is -0.109. The standard InChI is InChI=1S/C19H24N4O2/c1-25-18-8-7-16(12-20-18)13-23-10-9-17(14-23)22-19(24)21-11-15-5-3-2-4-6-15/h2-8,12,17H,9-11,13-14H2,1H3,(H2,21,22,24)/t17-/m0/s1. The number of hydrogen-bond donors (Lipinski definition) is 2. The monoisotopic (exact) mass is 340 g/mol. The molecule has 0 unspecified atom stereocenters. The Balaban J connectivity index is 1.40. The van der Waals surface area contributed by atoms with E-state index in [1.807, 2.05) is 48.7 Å². The zero-order chi connectivity index (χ0) is 17.5. The van der Waals surface area contributed by atoms with Crippen LogP contribution in [-0.4, -0.2) is 42.2 Å². The van der Waals surface area contributed by atoms with Crippen LogP contribution in [0.1, 0.15) is 17.5 Å². The zero-order valence-corrected chi connectivity index (χ0v) is 14.4. The summed E-state index contributed by atoms with van der Waals surface area (Å²) in [7, 11) is 1.61. The van der Waals surface area contributed by atoms with Crippen LogP contribution in [0.15, 0.2) is 48.7 Å². The van der Waals surface area contributed by atoms with E-state index >= 15 is 0 Å². The minimum absolute atomic E-state index is 0.109. The fourth-order valence-corrected chi connectivity index (χ4v) is 2.99. The summed E-state index contributed by atoms with van der Waals surface area (Å²) >= 11 is 0. The third kappa shape index (κ3) is 5.19. The molecule has 1 aromatic heterocycles. The number of nitrogens with zero attached hydrogens (tertiary/aromatic N) is 2. The topological polar surface area (TPSA) is 66.5 Å². The average Bonchev–Trinajstić information content (AvgIpc) is 3.08. The number of methoxy groups -OCH3 is 1. The summed E-state index contributed by atoms with van der Waals surface area (Å²) in [4.78, 5) is 18.6. The highest BCUT2D eigenvalue weighted by Gasteiger charge is 2.23. The number of nitrogens with one attached hydrogen (secondary N) is 2. The Morgan fingerprint density at radius 3 is 2.80 bits per heavy atom. The van der Waals surface area contributed by atoms with Crippen LogP contribution in [0.5, 0.6) is 5.88 Å². The van der Waals surface area contributed by atoms with Gasteiger partial charge in [0, 0.05) is 44.5 Å². The van der Waals surface area contributed by atoms with Gasteiger partial charge in [-0.1, -0.05) is 36.4 Å². The van der Waals surface area contributed by atoms with E-state index in [-0.39, 0.29) is 12.1 Å². The molecular weight excluding hydrogens is 316 g/mol. The smallest absolute Gasteiger partial charge is 0.315 e. The van der Waals surface area contributed by atoms with Crippen LogP contribution < -0.4 is 15.4 Å². The predicted molar refractivity (Wildman–Crippen MR) is 96.3 cm³/mol. The van der Waals surface area contributed by atoms with Crippen molar-refractivity contribution in [2.75, 3.05) is 20.2 Å². The Morgan fingerprint density at radius 1 is 1.24 bits per heavy atom. The van der Waals surface area contributed by atoms with E-state index in [1.165, 1.54) is 0 Å². The lowest BCUT2D eigenvalue weighted by molar-refractivity contribution is 0.235. The van der Waals surface area contributed by atoms with Gasteiger partial charge in [-0.3, -0.25) is 4.90 Å². The van der Waals surface area contributed by atoms with E-state index in [2.05, 4.69) is 20.5 Å². The van der Waals surface area contributed by atoms with Crippen LogP contribution in [0.25, 0.3) is 0 Å². The molecule has 1 aromatic carbocycles. The molecule has 1 atom stereocenters. The van der Waals surface area contributed by atoms with Gasteiger partial charge in [0.1, 0.15) is 0 Å². The number of pyridine rings is 1. The van der Waals surface area contributed by atoms with Crippen molar-refractivity contribution in [2.45, 2.75) is 25.6 Å². The number of carbonyl (C=O) groups is 1. The van der Waals surface area contributed by atoms with Crippen LogP contribution in [0.4, 0.5) is 4.79 Å². The van der Waals surface area contributed by atoms with Gasteiger partial charge in [0.05, 0.1) is 7.11 Å². The lowest BCUT2D eigenvalue weighted by atomic mass is 10.2. The fraction of sp³-hybridized carbons (Fsp3) is 0.368. The first-order valence-corrected chi connectivity index (χ1v) is 8.52. The lowest BCUT2D eigenvalue weighted by Crippen LogP contribution is -2.43. The van der Waals surface area contributed by atoms with E-state index in [0.29, 0.717) is 12.4 Å². The van der Waals surface area contributed by atoms with Crippen LogP contribution >= 0.6 is 0 Å². The molecule has 2 amide bonds. The Morgan fingerprint density at radius 2 is 2.08 bits per heavy atom. The number of aromatic nitrogens is 1. The predicted octanol–water partition coefficient (Wildman–Crippen LogP) is 2.16. The molecule has 0 bridgehead atoms. The highest BCUT2D eigenvalue weighted by atomic mass is 16.5. The van der Waals surface area contributed by atoms with E-state index in [4.69, 9.17) is 4.74 Å². The number of amides is 2. The Bertz CT molecular complexity index is 676. The summed E-state index contributed by atoms with van der Waals surface area (Å²) in [6.07, 6.45) is 2.80. The molecule has 1 aliphatic rings. The molecule has 2 heterocycles. The summed E-state index contributed by atoms with van der Waals surface area (Å²) in [5, 5.41) is 5.97. The Hall–Kier alpha value is -2.60. The SMILES string of the molecule is COc1ccc(CN2CC[C@H](NC(=O)NCc3ccccc3)C2)cn1. The van der Waals surface area contributed by atoms with Gasteiger partial charge in [0.2, 0.25) is 5.88 Å². The number of likely N-dealkylation sites (tertiary alicyclic amines) is 1. The van der Waals surface area contributed by atoms with Crippen molar-refractivity contribution < 1.29 is 9.53 Å². The Kier molecular flexibility index (Phi) is 5.85. The molecule has 0 saturated carbocycles. The molecule has 3 rings (SSSR count). The van der Waals surface area contributed by atoms with Gasteiger partial charge >= 0.3 is 6.03 Å². The van der Waals surface area contributed by atoms with Gasteiger partial charge in [0.15, 0.2) is 0 Å². The number of rotatable bonds is 6. The largest absolute Gasteiger partial charge is 0.481 e. The number of urea groups is 1. The first-order chi connectivity index (χ1) is 12.2. The van der Waals surface area contributed by atoms with E-state index in [9.17, 15) is 4.79 Å². The summed E-state index contributed by atoms with van der Waals surface area (Å²) in [5.41, 5.74) is 2.24. The van der Waals surface area contributed by atoms with Gasteiger partial charge in [-0.05, 0) is 17.5 Å². The van der Waals surface area contributed by atoms with Crippen LogP contribution in [0, 0.1) is 0 Å². The molecule has 6 nitrogen and oxygen atoms in total. The third-order valence-electron chi connectivity index (χ3n) is 4.32. The maximum absolute atomic E-state index is 12.0. The van der Waals surface area contributed by atoms with Crippen molar-refractivity contribution in [2.24, 2.45) is 0 Å². The molecule has 2 aromatic rings. The van der Waals surface area contributed by atoms with Crippen molar-refractivity contribution in [3.63, 3.8) is 0 Å². The maximum Gasteiger partial charge on any atom is 0.315 e. The quantitative estimate of drug-likeness (QED) is 0.846. The van der Waals surface area contributed by atoms with Crippen molar-refractivity contribution in [1.29, 1.82) is 0 Å². The summed E-state index contributed by atoms with van der Waals surface area (Å²) in [6.45, 7) is 3.20. The second-order valence-corrected chi connectivity index (χ2v) is 6.24. The van der Waals surface area contributed by atoms with E-state index in [0.717, 1.165) is 37.2 Å². The highest BCUT2D eigenvalue weighted by molar-refractivity contribution is 5.74. The first kappa shape index (κ1) is 17.2. The minimum Gasteiger partial charge on any atom is -0.481 e. The number of hydrogen-bond acceptors (Lipinski definition) is 4. The van der Waals surface area contributed by atoms with Crippen molar-refractivity contribution in [3.05, 3.63) is 59.8 Å². The number of carbonyl (C=O) groups excluding carboxylic acids is 1. The molecule has 1 aliphatic heterocycles. The molecule has 1 fully saturated rings. The van der Waals surface area contributed by atoms with E-state index in [1.54, 1.807) is 7.11 Å². The van der Waals surface area contributed by atoms with Gasteiger partial charge in [-0.2, -0.15) is 0 Å². The maximum atomic E-state index is 12.0. The summed E-state index contributed by atoms with van der Waals surface area (Å²) in [5.74, 6) is 0.625. The molecule has 0 spiro atoms. The summed E-state index contributed by atoms with van der Waals surface area (Å²) in [6, 6.07) is 13.9. The molecule has 0 aliphatic carbocycles. The fourth-order valence-electron chi connectivity index (χ4n) is 2.99. The van der Waals surface area contributed by atoms with Gasteiger partial charge in [-0.15, -0.1) is 0 Å². The normalized spacial score (nSPS) is 17.2. The van der Waals surface area contributed by atoms with Gasteiger partial charge < -0.3 is 15.4 Å². The molecular formula is C19H24N4O2. The second kappa shape index (κ2) is 8.48. The molecule has 132 valence electrons. The third-order valence-corrected chi connectivity index (χ3v) is 4.32. The zero-order valence-electron chi connectivity index (χ0n) is 14.4. The van der Waals surface area contributed by atoms with E-state index < -0.39 is 0 Å². The van der Waals surface area contributed by atoms with Crippen LogP contribution in [0.2, 0.25) is 0 Å². The van der Waals surface area contributed by atoms with Crippen LogP contribution in [0.3, 0.4) is 0 Å². The molecule has 1 saturated heterocycles. The highest BCUT2D eigenvalue weighted by Crippen LogP contribution is 2.14. The summed E-state index contributed by atoms with van der Waals surface area (Å²) < 4.78 is 5.08. The molecule has 25 heavy (non-hydrogen) atoms. The second-order valence-electron chi connectivity index (χ2n) is 6.24. The lowest BCUT2D eigenvalue weighted by Gasteiger charge is -2.17. The molecule has 0 radical (unpaired) electrons. The van der Waals surface area contributed by atoms with Crippen molar-refractivity contribution in [3.8, 4) is 5.88 Å². The van der Waals surface area contributed by atoms with Crippen molar-refractivity contribution in [1.82, 2.24) is 20.5 Å². The van der Waals surface area contributed by atoms with Gasteiger partial charge in [0.25, 0.3) is 0 Å². The first-order valence-electron chi connectivity index (χ1n) is 8.52. The van der Waals surface area contributed by atoms with Gasteiger partial charge in [-0.25, -0.2) is 9.78 Å². The average molecular weight is 340 g/mol. The Labute approximate surface area is 148 Å². The van der Waals surface area contributed by atoms with Crippen LogP contribution in [-0.2, 0) is 13.1 Å². The molecule has 2 N–H and O–H groups in total.